The van der Waals surface area contributed by atoms with Crippen LogP contribution < -0.4 is 10.1 Å². The summed E-state index contributed by atoms with van der Waals surface area (Å²) in [6.45, 7) is 11.8. The largest absolute Gasteiger partial charge is 0.497 e. The standard InChI is InChI=1S/C28H39N3O4S/c1-7-31(8-2)26(34)16(3)20-13-14-28(5)15-21-23(17(4)22(28)24(20)32)29-27(36-21)30-25(33)18-9-11-19(35-6)12-10-18/h9-12,16-17,20,22,24,32H,7-8,13-15H2,1-6H3,(H,29,30,33)/t16-,17-,20+,22+,24-,28+/m0/s1. The lowest BCUT2D eigenvalue weighted by molar-refractivity contribution is -0.144. The quantitative estimate of drug-likeness (QED) is 0.546. The summed E-state index contributed by atoms with van der Waals surface area (Å²) in [5.41, 5.74) is 1.45. The number of aliphatic hydroxyl groups excluding tert-OH is 1. The summed E-state index contributed by atoms with van der Waals surface area (Å²) < 4.78 is 5.17. The fourth-order valence-corrected chi connectivity index (χ4v) is 7.78. The highest BCUT2D eigenvalue weighted by Gasteiger charge is 2.54. The van der Waals surface area contributed by atoms with Crippen molar-refractivity contribution < 1.29 is 19.4 Å². The minimum absolute atomic E-state index is 0.0166. The molecule has 1 aromatic carbocycles. The molecular formula is C28H39N3O4S. The molecule has 1 aromatic heterocycles. The number of hydrogen-bond acceptors (Lipinski definition) is 6. The molecule has 0 bridgehead atoms. The van der Waals surface area contributed by atoms with Gasteiger partial charge in [0.05, 0.1) is 18.9 Å². The number of thiazole rings is 1. The summed E-state index contributed by atoms with van der Waals surface area (Å²) in [4.78, 5) is 33.8. The first-order valence-corrected chi connectivity index (χ1v) is 13.9. The fourth-order valence-electron chi connectivity index (χ4n) is 6.52. The number of anilines is 1. The van der Waals surface area contributed by atoms with E-state index in [1.807, 2.05) is 25.7 Å². The topological polar surface area (TPSA) is 91.8 Å². The molecule has 0 radical (unpaired) electrons. The Labute approximate surface area is 218 Å². The second-order valence-corrected chi connectivity index (χ2v) is 11.7. The second-order valence-electron chi connectivity index (χ2n) is 10.6. The van der Waals surface area contributed by atoms with Gasteiger partial charge < -0.3 is 14.7 Å². The molecule has 2 aliphatic rings. The van der Waals surface area contributed by atoms with E-state index in [0.29, 0.717) is 29.5 Å². The molecule has 1 heterocycles. The van der Waals surface area contributed by atoms with Crippen molar-refractivity contribution in [1.29, 1.82) is 0 Å². The van der Waals surface area contributed by atoms with E-state index in [1.165, 1.54) is 16.2 Å². The zero-order chi connectivity index (χ0) is 26.2. The van der Waals surface area contributed by atoms with Gasteiger partial charge in [-0.05, 0) is 74.6 Å². The number of carbonyl (C=O) groups excluding carboxylic acids is 2. The van der Waals surface area contributed by atoms with Crippen LogP contribution in [0.5, 0.6) is 5.75 Å². The maximum absolute atomic E-state index is 13.1. The van der Waals surface area contributed by atoms with Crippen LogP contribution in [0.25, 0.3) is 0 Å². The predicted octanol–water partition coefficient (Wildman–Crippen LogP) is 4.96. The number of rotatable bonds is 7. The molecule has 8 heteroatoms. The summed E-state index contributed by atoms with van der Waals surface area (Å²) in [5, 5.41) is 15.2. The van der Waals surface area contributed by atoms with Crippen LogP contribution in [0.15, 0.2) is 24.3 Å². The molecule has 36 heavy (non-hydrogen) atoms. The third-order valence-corrected chi connectivity index (χ3v) is 9.59. The average molecular weight is 514 g/mol. The molecule has 2 amide bonds. The van der Waals surface area contributed by atoms with Crippen LogP contribution in [0, 0.1) is 23.2 Å². The lowest BCUT2D eigenvalue weighted by atomic mass is 9.53. The molecule has 196 valence electrons. The molecular weight excluding hydrogens is 474 g/mol. The number of nitrogens with one attached hydrogen (secondary N) is 1. The molecule has 0 unspecified atom stereocenters. The highest BCUT2D eigenvalue weighted by Crippen LogP contribution is 2.57. The number of ether oxygens (including phenoxy) is 1. The van der Waals surface area contributed by atoms with Gasteiger partial charge in [-0.25, -0.2) is 4.98 Å². The lowest BCUT2D eigenvalue weighted by Gasteiger charge is -2.53. The van der Waals surface area contributed by atoms with E-state index in [0.717, 1.165) is 25.0 Å². The van der Waals surface area contributed by atoms with Gasteiger partial charge in [-0.3, -0.25) is 14.9 Å². The van der Waals surface area contributed by atoms with E-state index in [9.17, 15) is 14.7 Å². The van der Waals surface area contributed by atoms with Crippen LogP contribution in [0.2, 0.25) is 0 Å². The Bertz CT molecular complexity index is 1100. The maximum atomic E-state index is 13.1. The fraction of sp³-hybridized carbons (Fsp3) is 0.607. The predicted molar refractivity (Wildman–Crippen MR) is 143 cm³/mol. The summed E-state index contributed by atoms with van der Waals surface area (Å²) in [7, 11) is 1.59. The molecule has 0 spiro atoms. The first-order chi connectivity index (χ1) is 17.1. The van der Waals surface area contributed by atoms with Crippen molar-refractivity contribution in [1.82, 2.24) is 9.88 Å². The van der Waals surface area contributed by atoms with Crippen LogP contribution in [-0.2, 0) is 11.2 Å². The molecule has 2 aromatic rings. The highest BCUT2D eigenvalue weighted by molar-refractivity contribution is 7.15. The van der Waals surface area contributed by atoms with Crippen molar-refractivity contribution in [3.05, 3.63) is 40.4 Å². The number of carbonyl (C=O) groups is 2. The molecule has 0 saturated heterocycles. The number of hydrogen-bond donors (Lipinski definition) is 2. The van der Waals surface area contributed by atoms with Gasteiger partial charge in [-0.2, -0.15) is 0 Å². The van der Waals surface area contributed by atoms with Gasteiger partial charge in [0, 0.05) is 35.4 Å². The molecule has 4 rings (SSSR count). The van der Waals surface area contributed by atoms with Crippen molar-refractivity contribution in [3.63, 3.8) is 0 Å². The Morgan fingerprint density at radius 3 is 2.56 bits per heavy atom. The molecule has 1 fully saturated rings. The summed E-state index contributed by atoms with van der Waals surface area (Å²) in [6, 6.07) is 6.99. The van der Waals surface area contributed by atoms with Gasteiger partial charge >= 0.3 is 0 Å². The van der Waals surface area contributed by atoms with Crippen molar-refractivity contribution in [2.45, 2.75) is 65.9 Å². The maximum Gasteiger partial charge on any atom is 0.257 e. The summed E-state index contributed by atoms with van der Waals surface area (Å²) in [6.07, 6.45) is 2.06. The number of methoxy groups -OCH3 is 1. The number of aromatic nitrogens is 1. The lowest BCUT2D eigenvalue weighted by Crippen LogP contribution is -2.53. The highest BCUT2D eigenvalue weighted by atomic mass is 32.1. The third kappa shape index (κ3) is 4.77. The SMILES string of the molecule is CCN(CC)C(=O)[C@@H](C)[C@H]1CC[C@]2(C)Cc3sc(NC(=O)c4ccc(OC)cc4)nc3[C@@H](C)[C@@H]2[C@H]1O. The van der Waals surface area contributed by atoms with Crippen molar-refractivity contribution in [2.24, 2.45) is 23.2 Å². The molecule has 7 nitrogen and oxygen atoms in total. The van der Waals surface area contributed by atoms with Gasteiger partial charge in [-0.15, -0.1) is 11.3 Å². The van der Waals surface area contributed by atoms with Crippen LogP contribution in [-0.4, -0.2) is 53.1 Å². The van der Waals surface area contributed by atoms with E-state index < -0.39 is 6.10 Å². The molecule has 2 aliphatic carbocycles. The minimum Gasteiger partial charge on any atom is -0.497 e. The number of fused-ring (bicyclic) bond motifs is 2. The van der Waals surface area contributed by atoms with E-state index in [-0.39, 0.29) is 40.9 Å². The second kappa shape index (κ2) is 10.5. The Morgan fingerprint density at radius 2 is 1.94 bits per heavy atom. The summed E-state index contributed by atoms with van der Waals surface area (Å²) >= 11 is 1.54. The minimum atomic E-state index is -0.569. The number of benzene rings is 1. The molecule has 0 aliphatic heterocycles. The number of amides is 2. The Balaban J connectivity index is 1.53. The normalized spacial score (nSPS) is 28.0. The molecule has 2 N–H and O–H groups in total. The van der Waals surface area contributed by atoms with Gasteiger partial charge in [0.1, 0.15) is 5.75 Å². The monoisotopic (exact) mass is 513 g/mol. The smallest absolute Gasteiger partial charge is 0.257 e. The summed E-state index contributed by atoms with van der Waals surface area (Å²) in [5.74, 6) is 0.405. The van der Waals surface area contributed by atoms with Gasteiger partial charge in [0.25, 0.3) is 5.91 Å². The van der Waals surface area contributed by atoms with Gasteiger partial charge in [0.2, 0.25) is 5.91 Å². The number of aliphatic hydroxyl groups is 1. The van der Waals surface area contributed by atoms with Gasteiger partial charge in [-0.1, -0.05) is 20.8 Å². The van der Waals surface area contributed by atoms with Crippen LogP contribution in [0.1, 0.15) is 74.3 Å². The average Bonchev–Trinajstić information content (AvgIpc) is 3.26. The van der Waals surface area contributed by atoms with Gasteiger partial charge in [0.15, 0.2) is 5.13 Å². The van der Waals surface area contributed by atoms with E-state index >= 15 is 0 Å². The Kier molecular flexibility index (Phi) is 7.76. The van der Waals surface area contributed by atoms with Crippen molar-refractivity contribution in [3.8, 4) is 5.75 Å². The van der Waals surface area contributed by atoms with Crippen LogP contribution >= 0.6 is 11.3 Å². The third-order valence-electron chi connectivity index (χ3n) is 8.60. The van der Waals surface area contributed by atoms with E-state index in [2.05, 4.69) is 19.2 Å². The van der Waals surface area contributed by atoms with Crippen LogP contribution in [0.3, 0.4) is 0 Å². The first kappa shape index (κ1) is 26.6. The Hall–Kier alpha value is -2.45. The van der Waals surface area contributed by atoms with Crippen molar-refractivity contribution >= 4 is 28.3 Å². The zero-order valence-corrected chi connectivity index (χ0v) is 23.0. The van der Waals surface area contributed by atoms with Crippen molar-refractivity contribution in [2.75, 3.05) is 25.5 Å². The van der Waals surface area contributed by atoms with E-state index in [1.54, 1.807) is 31.4 Å². The Morgan fingerprint density at radius 1 is 1.28 bits per heavy atom. The van der Waals surface area contributed by atoms with E-state index in [4.69, 9.17) is 9.72 Å². The molecule has 6 atom stereocenters. The zero-order valence-electron chi connectivity index (χ0n) is 22.2. The number of nitrogens with zero attached hydrogens (tertiary/aromatic N) is 2. The first-order valence-electron chi connectivity index (χ1n) is 13.0. The molecule has 1 saturated carbocycles. The van der Waals surface area contributed by atoms with Crippen LogP contribution in [0.4, 0.5) is 5.13 Å².